The number of fused-ring (bicyclic) bond motifs is 1. The van der Waals surface area contributed by atoms with Crippen LogP contribution in [0.3, 0.4) is 0 Å². The number of carbonyl (C=O) groups is 2. The monoisotopic (exact) mass is 323 g/mol. The van der Waals surface area contributed by atoms with Crippen LogP contribution >= 0.6 is 11.8 Å². The van der Waals surface area contributed by atoms with Crippen LogP contribution in [-0.4, -0.2) is 17.0 Å². The van der Waals surface area contributed by atoms with Crippen LogP contribution in [0.15, 0.2) is 64.4 Å². The molecule has 1 aliphatic heterocycles. The van der Waals surface area contributed by atoms with E-state index in [1.807, 2.05) is 54.6 Å². The van der Waals surface area contributed by atoms with Crippen LogP contribution < -0.4 is 5.32 Å². The number of hydrogen-bond acceptors (Lipinski definition) is 3. The first-order valence-corrected chi connectivity index (χ1v) is 7.74. The third-order valence-corrected chi connectivity index (χ3v) is 4.33. The first-order chi connectivity index (χ1) is 11.1. The molecule has 0 unspecified atom stereocenters. The van der Waals surface area contributed by atoms with Gasteiger partial charge in [-0.1, -0.05) is 48.2 Å². The average Bonchev–Trinajstić information content (AvgIpc) is 2.55. The smallest absolute Gasteiger partial charge is 0.328 e. The molecule has 4 nitrogen and oxygen atoms in total. The molecule has 0 spiro atoms. The van der Waals surface area contributed by atoms with Gasteiger partial charge in [-0.2, -0.15) is 0 Å². The van der Waals surface area contributed by atoms with Gasteiger partial charge in [0.25, 0.3) is 5.91 Å². The first kappa shape index (κ1) is 15.1. The molecular formula is C18H13NO3S. The summed E-state index contributed by atoms with van der Waals surface area (Å²) in [6, 6.07) is 15.0. The summed E-state index contributed by atoms with van der Waals surface area (Å²) in [6.07, 6.45) is 4.44. The lowest BCUT2D eigenvalue weighted by molar-refractivity contribution is -0.131. The van der Waals surface area contributed by atoms with Gasteiger partial charge in [0.1, 0.15) is 0 Å². The fourth-order valence-electron chi connectivity index (χ4n) is 2.12. The maximum Gasteiger partial charge on any atom is 0.328 e. The van der Waals surface area contributed by atoms with Crippen molar-refractivity contribution in [2.24, 2.45) is 0 Å². The van der Waals surface area contributed by atoms with Gasteiger partial charge >= 0.3 is 5.97 Å². The van der Waals surface area contributed by atoms with Crippen molar-refractivity contribution in [3.8, 4) is 0 Å². The molecule has 0 bridgehead atoms. The number of hydrogen-bond donors (Lipinski definition) is 2. The summed E-state index contributed by atoms with van der Waals surface area (Å²) in [5, 5.41) is 11.5. The summed E-state index contributed by atoms with van der Waals surface area (Å²) in [5.74, 6) is -1.10. The second kappa shape index (κ2) is 6.54. The molecule has 0 radical (unpaired) electrons. The number of carbonyl (C=O) groups excluding carboxylic acids is 1. The number of aliphatic carboxylic acids is 1. The number of nitrogens with one attached hydrogen (secondary N) is 1. The summed E-state index contributed by atoms with van der Waals surface area (Å²) < 4.78 is 0. The van der Waals surface area contributed by atoms with E-state index < -0.39 is 5.97 Å². The van der Waals surface area contributed by atoms with Crippen LogP contribution in [0, 0.1) is 0 Å². The number of carboxylic acids is 1. The van der Waals surface area contributed by atoms with Gasteiger partial charge in [0.05, 0.1) is 10.6 Å². The van der Waals surface area contributed by atoms with Crippen molar-refractivity contribution in [1.82, 2.24) is 0 Å². The number of anilines is 1. The van der Waals surface area contributed by atoms with Crippen molar-refractivity contribution >= 4 is 41.5 Å². The summed E-state index contributed by atoms with van der Waals surface area (Å²) in [4.78, 5) is 24.3. The zero-order valence-corrected chi connectivity index (χ0v) is 12.8. The Morgan fingerprint density at radius 1 is 1.04 bits per heavy atom. The van der Waals surface area contributed by atoms with E-state index in [0.717, 1.165) is 27.8 Å². The van der Waals surface area contributed by atoms with Crippen molar-refractivity contribution < 1.29 is 14.7 Å². The van der Waals surface area contributed by atoms with Crippen LogP contribution in [-0.2, 0) is 9.59 Å². The highest BCUT2D eigenvalue weighted by atomic mass is 32.2. The maximum absolute atomic E-state index is 12.1. The van der Waals surface area contributed by atoms with Crippen LogP contribution in [0.25, 0.3) is 12.2 Å². The lowest BCUT2D eigenvalue weighted by Gasteiger charge is -2.18. The highest BCUT2D eigenvalue weighted by molar-refractivity contribution is 8.04. The molecule has 2 aromatic carbocycles. The zero-order chi connectivity index (χ0) is 16.2. The quantitative estimate of drug-likeness (QED) is 0.842. The highest BCUT2D eigenvalue weighted by Gasteiger charge is 2.20. The van der Waals surface area contributed by atoms with Gasteiger partial charge in [0, 0.05) is 11.0 Å². The molecule has 114 valence electrons. The van der Waals surface area contributed by atoms with E-state index in [1.54, 1.807) is 0 Å². The second-order valence-corrected chi connectivity index (χ2v) is 5.98. The van der Waals surface area contributed by atoms with Crippen molar-refractivity contribution in [2.45, 2.75) is 4.90 Å². The maximum atomic E-state index is 12.1. The van der Waals surface area contributed by atoms with Gasteiger partial charge in [-0.25, -0.2) is 4.79 Å². The fraction of sp³-hybridized carbons (Fsp3) is 0. The van der Waals surface area contributed by atoms with Crippen molar-refractivity contribution in [2.75, 3.05) is 5.32 Å². The standard InChI is InChI=1S/C18H13NO3S/c20-17(21)10-9-12-5-7-13(8-6-12)11-16-18(22)19-14-3-1-2-4-15(14)23-16/h1-11H,(H,19,22)(H,20,21)/b10-9+,16-11-. The number of para-hydroxylation sites is 1. The van der Waals surface area contributed by atoms with Crippen LogP contribution in [0.2, 0.25) is 0 Å². The number of amides is 1. The van der Waals surface area contributed by atoms with Gasteiger partial charge in [-0.15, -0.1) is 0 Å². The lowest BCUT2D eigenvalue weighted by atomic mass is 10.1. The molecular weight excluding hydrogens is 310 g/mol. The topological polar surface area (TPSA) is 66.4 Å². The van der Waals surface area contributed by atoms with E-state index in [-0.39, 0.29) is 5.91 Å². The predicted octanol–water partition coefficient (Wildman–Crippen LogP) is 3.87. The Hall–Kier alpha value is -2.79. The molecule has 1 aliphatic rings. The Labute approximate surface area is 137 Å². The number of rotatable bonds is 3. The summed E-state index contributed by atoms with van der Waals surface area (Å²) >= 11 is 1.44. The summed E-state index contributed by atoms with van der Waals surface area (Å²) in [5.41, 5.74) is 2.50. The van der Waals surface area contributed by atoms with E-state index in [0.29, 0.717) is 4.91 Å². The van der Waals surface area contributed by atoms with Gasteiger partial charge in [-0.05, 0) is 35.4 Å². The molecule has 1 amide bonds. The molecule has 0 aliphatic carbocycles. The van der Waals surface area contributed by atoms with E-state index >= 15 is 0 Å². The van der Waals surface area contributed by atoms with E-state index in [4.69, 9.17) is 5.11 Å². The van der Waals surface area contributed by atoms with E-state index in [9.17, 15) is 9.59 Å². The Kier molecular flexibility index (Phi) is 4.30. The van der Waals surface area contributed by atoms with E-state index in [1.165, 1.54) is 17.8 Å². The van der Waals surface area contributed by atoms with Crippen molar-refractivity contribution in [3.63, 3.8) is 0 Å². The van der Waals surface area contributed by atoms with Gasteiger partial charge in [-0.3, -0.25) is 4.79 Å². The van der Waals surface area contributed by atoms with Crippen LogP contribution in [0.5, 0.6) is 0 Å². The SMILES string of the molecule is O=C(O)/C=C/c1ccc(/C=C2\Sc3ccccc3NC2=O)cc1. The molecule has 3 rings (SSSR count). The predicted molar refractivity (Wildman–Crippen MR) is 92.0 cm³/mol. The Bertz CT molecular complexity index is 822. The van der Waals surface area contributed by atoms with Gasteiger partial charge in [0.15, 0.2) is 0 Å². The van der Waals surface area contributed by atoms with Gasteiger partial charge < -0.3 is 10.4 Å². The molecule has 5 heteroatoms. The molecule has 0 saturated heterocycles. The Balaban J connectivity index is 1.82. The average molecular weight is 323 g/mol. The van der Waals surface area contributed by atoms with E-state index in [2.05, 4.69) is 5.32 Å². The third kappa shape index (κ3) is 3.70. The Morgan fingerprint density at radius 3 is 2.48 bits per heavy atom. The second-order valence-electron chi connectivity index (χ2n) is 4.90. The first-order valence-electron chi connectivity index (χ1n) is 6.93. The fourth-order valence-corrected chi connectivity index (χ4v) is 3.08. The molecule has 2 aromatic rings. The molecule has 1 heterocycles. The molecule has 0 saturated carbocycles. The number of carboxylic acid groups (broad SMARTS) is 1. The minimum absolute atomic E-state index is 0.122. The molecule has 23 heavy (non-hydrogen) atoms. The number of benzene rings is 2. The zero-order valence-electron chi connectivity index (χ0n) is 12.0. The third-order valence-electron chi connectivity index (χ3n) is 3.23. The van der Waals surface area contributed by atoms with Crippen LogP contribution in [0.4, 0.5) is 5.69 Å². The van der Waals surface area contributed by atoms with Crippen molar-refractivity contribution in [1.29, 1.82) is 0 Å². The number of thioether (sulfide) groups is 1. The molecule has 0 atom stereocenters. The normalized spacial score (nSPS) is 15.5. The molecule has 2 N–H and O–H groups in total. The Morgan fingerprint density at radius 2 is 1.74 bits per heavy atom. The minimum Gasteiger partial charge on any atom is -0.478 e. The minimum atomic E-state index is -0.981. The lowest BCUT2D eigenvalue weighted by Crippen LogP contribution is -2.17. The van der Waals surface area contributed by atoms with Crippen molar-refractivity contribution in [3.05, 3.63) is 70.6 Å². The summed E-state index contributed by atoms with van der Waals surface area (Å²) in [6.45, 7) is 0. The molecule has 0 aromatic heterocycles. The largest absolute Gasteiger partial charge is 0.478 e. The summed E-state index contributed by atoms with van der Waals surface area (Å²) in [7, 11) is 0. The van der Waals surface area contributed by atoms with Gasteiger partial charge in [0.2, 0.25) is 0 Å². The highest BCUT2D eigenvalue weighted by Crippen LogP contribution is 2.38. The van der Waals surface area contributed by atoms with Crippen LogP contribution in [0.1, 0.15) is 11.1 Å². The molecule has 0 fully saturated rings.